The van der Waals surface area contributed by atoms with E-state index in [1.807, 2.05) is 12.1 Å². The first-order chi connectivity index (χ1) is 6.34. The molecule has 0 unspecified atom stereocenters. The highest BCUT2D eigenvalue weighted by atomic mass is 16.2. The number of aryl methyl sites for hydroxylation is 1. The molecule has 0 aliphatic heterocycles. The quantitative estimate of drug-likeness (QED) is 0.699. The molecular weight excluding hydrogens is 160 g/mol. The zero-order valence-corrected chi connectivity index (χ0v) is 8.03. The van der Waals surface area contributed by atoms with Gasteiger partial charge in [0, 0.05) is 6.61 Å². The van der Waals surface area contributed by atoms with Gasteiger partial charge >= 0.3 is 0 Å². The SMILES string of the molecule is Cc1ccccc1/C=C/CCCO. The van der Waals surface area contributed by atoms with Gasteiger partial charge in [-0.1, -0.05) is 36.4 Å². The van der Waals surface area contributed by atoms with Crippen molar-refractivity contribution in [2.45, 2.75) is 19.8 Å². The normalized spacial score (nSPS) is 10.9. The van der Waals surface area contributed by atoms with Crippen LogP contribution in [0.4, 0.5) is 0 Å². The molecule has 0 saturated carbocycles. The van der Waals surface area contributed by atoms with E-state index in [4.69, 9.17) is 5.11 Å². The molecule has 0 aliphatic rings. The van der Waals surface area contributed by atoms with E-state index in [1.165, 1.54) is 11.1 Å². The van der Waals surface area contributed by atoms with Gasteiger partial charge in [0.1, 0.15) is 0 Å². The molecule has 0 atom stereocenters. The number of rotatable bonds is 4. The lowest BCUT2D eigenvalue weighted by molar-refractivity contribution is 0.290. The molecule has 0 saturated heterocycles. The Morgan fingerprint density at radius 2 is 2.08 bits per heavy atom. The van der Waals surface area contributed by atoms with Crippen molar-refractivity contribution in [2.24, 2.45) is 0 Å². The molecule has 13 heavy (non-hydrogen) atoms. The monoisotopic (exact) mass is 176 g/mol. The second kappa shape index (κ2) is 5.55. The predicted molar refractivity (Wildman–Crippen MR) is 56.5 cm³/mol. The largest absolute Gasteiger partial charge is 0.396 e. The van der Waals surface area contributed by atoms with Crippen molar-refractivity contribution >= 4 is 6.08 Å². The summed E-state index contributed by atoms with van der Waals surface area (Å²) in [5.74, 6) is 0. The van der Waals surface area contributed by atoms with Gasteiger partial charge in [-0.2, -0.15) is 0 Å². The van der Waals surface area contributed by atoms with Gasteiger partial charge in [-0.05, 0) is 30.9 Å². The van der Waals surface area contributed by atoms with Crippen molar-refractivity contribution in [3.8, 4) is 0 Å². The molecule has 0 bridgehead atoms. The maximum absolute atomic E-state index is 8.58. The Morgan fingerprint density at radius 1 is 1.31 bits per heavy atom. The number of aliphatic hydroxyl groups is 1. The summed E-state index contributed by atoms with van der Waals surface area (Å²) in [4.78, 5) is 0. The predicted octanol–water partition coefficient (Wildman–Crippen LogP) is 2.78. The van der Waals surface area contributed by atoms with E-state index >= 15 is 0 Å². The molecule has 1 N–H and O–H groups in total. The van der Waals surface area contributed by atoms with Crippen molar-refractivity contribution < 1.29 is 5.11 Å². The van der Waals surface area contributed by atoms with Crippen LogP contribution >= 0.6 is 0 Å². The van der Waals surface area contributed by atoms with Crippen molar-refractivity contribution in [2.75, 3.05) is 6.61 Å². The molecule has 0 spiro atoms. The number of hydrogen-bond acceptors (Lipinski definition) is 1. The van der Waals surface area contributed by atoms with Crippen LogP contribution in [0.15, 0.2) is 30.3 Å². The van der Waals surface area contributed by atoms with E-state index in [9.17, 15) is 0 Å². The number of unbranched alkanes of at least 4 members (excludes halogenated alkanes) is 1. The average Bonchev–Trinajstić information content (AvgIpc) is 2.15. The Hall–Kier alpha value is -1.08. The van der Waals surface area contributed by atoms with Gasteiger partial charge in [0.05, 0.1) is 0 Å². The molecule has 0 heterocycles. The van der Waals surface area contributed by atoms with Crippen LogP contribution < -0.4 is 0 Å². The number of benzene rings is 1. The summed E-state index contributed by atoms with van der Waals surface area (Å²) in [6, 6.07) is 8.29. The molecule has 1 rings (SSSR count). The first kappa shape index (κ1) is 10.0. The topological polar surface area (TPSA) is 20.2 Å². The Bertz CT molecular complexity index is 276. The van der Waals surface area contributed by atoms with E-state index in [-0.39, 0.29) is 6.61 Å². The molecule has 0 aromatic heterocycles. The van der Waals surface area contributed by atoms with E-state index < -0.39 is 0 Å². The van der Waals surface area contributed by atoms with Gasteiger partial charge in [-0.3, -0.25) is 0 Å². The van der Waals surface area contributed by atoms with Gasteiger partial charge in [0.15, 0.2) is 0 Å². The second-order valence-electron chi connectivity index (χ2n) is 3.12. The highest BCUT2D eigenvalue weighted by Gasteiger charge is 1.89. The summed E-state index contributed by atoms with van der Waals surface area (Å²) < 4.78 is 0. The fourth-order valence-electron chi connectivity index (χ4n) is 1.19. The fourth-order valence-corrected chi connectivity index (χ4v) is 1.19. The third kappa shape index (κ3) is 3.43. The third-order valence-corrected chi connectivity index (χ3v) is 2.01. The molecule has 1 heteroatoms. The molecule has 0 aliphatic carbocycles. The summed E-state index contributed by atoms with van der Waals surface area (Å²) in [7, 11) is 0. The van der Waals surface area contributed by atoms with Crippen molar-refractivity contribution in [1.29, 1.82) is 0 Å². The minimum atomic E-state index is 0.276. The Morgan fingerprint density at radius 3 is 2.77 bits per heavy atom. The van der Waals surface area contributed by atoms with Crippen LogP contribution in [0.25, 0.3) is 6.08 Å². The summed E-state index contributed by atoms with van der Waals surface area (Å²) in [5.41, 5.74) is 2.56. The minimum Gasteiger partial charge on any atom is -0.396 e. The molecule has 0 radical (unpaired) electrons. The van der Waals surface area contributed by atoms with Gasteiger partial charge in [-0.25, -0.2) is 0 Å². The minimum absolute atomic E-state index is 0.276. The smallest absolute Gasteiger partial charge is 0.0433 e. The van der Waals surface area contributed by atoms with E-state index in [0.29, 0.717) is 0 Å². The fraction of sp³-hybridized carbons (Fsp3) is 0.333. The van der Waals surface area contributed by atoms with Crippen LogP contribution in [0.1, 0.15) is 24.0 Å². The maximum Gasteiger partial charge on any atom is 0.0433 e. The van der Waals surface area contributed by atoms with Crippen LogP contribution in [-0.4, -0.2) is 11.7 Å². The molecule has 1 aromatic carbocycles. The summed E-state index contributed by atoms with van der Waals surface area (Å²) in [5, 5.41) is 8.58. The Labute approximate surface area is 79.7 Å². The maximum atomic E-state index is 8.58. The lowest BCUT2D eigenvalue weighted by Crippen LogP contribution is -1.80. The summed E-state index contributed by atoms with van der Waals surface area (Å²) in [6.07, 6.45) is 6.02. The van der Waals surface area contributed by atoms with Crippen LogP contribution in [0.5, 0.6) is 0 Å². The van der Waals surface area contributed by atoms with Crippen LogP contribution in [0.3, 0.4) is 0 Å². The molecule has 1 aromatic rings. The van der Waals surface area contributed by atoms with Gasteiger partial charge in [0.25, 0.3) is 0 Å². The zero-order chi connectivity index (χ0) is 9.52. The summed E-state index contributed by atoms with van der Waals surface area (Å²) in [6.45, 7) is 2.38. The number of allylic oxidation sites excluding steroid dienone is 1. The van der Waals surface area contributed by atoms with E-state index in [0.717, 1.165) is 12.8 Å². The van der Waals surface area contributed by atoms with Crippen molar-refractivity contribution in [3.05, 3.63) is 41.5 Å². The van der Waals surface area contributed by atoms with Crippen molar-refractivity contribution in [1.82, 2.24) is 0 Å². The highest BCUT2D eigenvalue weighted by molar-refractivity contribution is 5.53. The average molecular weight is 176 g/mol. The van der Waals surface area contributed by atoms with Crippen LogP contribution in [0.2, 0.25) is 0 Å². The lowest BCUT2D eigenvalue weighted by atomic mass is 10.1. The highest BCUT2D eigenvalue weighted by Crippen LogP contribution is 2.09. The van der Waals surface area contributed by atoms with Crippen LogP contribution in [0, 0.1) is 6.92 Å². The number of aliphatic hydroxyl groups excluding tert-OH is 1. The molecule has 1 nitrogen and oxygen atoms in total. The standard InChI is InChI=1S/C12H16O/c1-11-7-4-5-9-12(11)8-3-2-6-10-13/h3-5,7-9,13H,2,6,10H2,1H3/b8-3+. The molecule has 70 valence electrons. The third-order valence-electron chi connectivity index (χ3n) is 2.01. The van der Waals surface area contributed by atoms with Gasteiger partial charge in [-0.15, -0.1) is 0 Å². The first-order valence-electron chi connectivity index (χ1n) is 4.67. The zero-order valence-electron chi connectivity index (χ0n) is 8.03. The molecule has 0 amide bonds. The van der Waals surface area contributed by atoms with Crippen LogP contribution in [-0.2, 0) is 0 Å². The van der Waals surface area contributed by atoms with Crippen molar-refractivity contribution in [3.63, 3.8) is 0 Å². The van der Waals surface area contributed by atoms with E-state index in [2.05, 4.69) is 31.2 Å². The summed E-state index contributed by atoms with van der Waals surface area (Å²) >= 11 is 0. The number of hydrogen-bond donors (Lipinski definition) is 1. The second-order valence-corrected chi connectivity index (χ2v) is 3.12. The van der Waals surface area contributed by atoms with Gasteiger partial charge in [0.2, 0.25) is 0 Å². The first-order valence-corrected chi connectivity index (χ1v) is 4.67. The van der Waals surface area contributed by atoms with E-state index in [1.54, 1.807) is 0 Å². The Balaban J connectivity index is 2.53. The molecular formula is C12H16O. The lowest BCUT2D eigenvalue weighted by Gasteiger charge is -1.97. The van der Waals surface area contributed by atoms with Gasteiger partial charge < -0.3 is 5.11 Å². The Kier molecular flexibility index (Phi) is 4.27. The molecule has 0 fully saturated rings.